The van der Waals surface area contributed by atoms with Crippen molar-refractivity contribution in [3.8, 4) is 0 Å². The first kappa shape index (κ1) is 17.5. The fourth-order valence-electron chi connectivity index (χ4n) is 1.44. The highest BCUT2D eigenvalue weighted by Crippen LogP contribution is 2.14. The molecule has 0 aromatic heterocycles. The molecule has 18 heavy (non-hydrogen) atoms. The van der Waals surface area contributed by atoms with Gasteiger partial charge in [-0.05, 0) is 48.7 Å². The first-order chi connectivity index (χ1) is 8.16. The first-order valence-electron chi connectivity index (χ1n) is 5.32. The third-order valence-electron chi connectivity index (χ3n) is 2.55. The third kappa shape index (κ3) is 7.74. The predicted molar refractivity (Wildman–Crippen MR) is 74.8 cm³/mol. The Labute approximate surface area is 110 Å². The van der Waals surface area contributed by atoms with Crippen molar-refractivity contribution in [3.05, 3.63) is 28.8 Å². The van der Waals surface area contributed by atoms with Crippen molar-refractivity contribution in [2.24, 2.45) is 0 Å². The van der Waals surface area contributed by atoms with Crippen LogP contribution in [0.4, 0.5) is 0 Å². The van der Waals surface area contributed by atoms with Gasteiger partial charge in [0.05, 0.1) is 0 Å². The molecule has 0 radical (unpaired) electrons. The third-order valence-corrected chi connectivity index (χ3v) is 3.17. The Balaban J connectivity index is 0.000000494. The summed E-state index contributed by atoms with van der Waals surface area (Å²) >= 11 is 0. The largest absolute Gasteiger partial charge is 0.396 e. The molecule has 1 rings (SSSR count). The first-order valence-corrected chi connectivity index (χ1v) is 7.29. The monoisotopic (exact) mass is 294 g/mol. The molecule has 0 saturated heterocycles. The number of benzene rings is 1. The zero-order valence-corrected chi connectivity index (χ0v) is 12.4. The fraction of sp³-hybridized carbons (Fsp3) is 0.455. The molecule has 0 bridgehead atoms. The fourth-order valence-corrected chi connectivity index (χ4v) is 1.75. The minimum Gasteiger partial charge on any atom is -0.396 e. The van der Waals surface area contributed by atoms with Crippen LogP contribution >= 0.6 is 9.24 Å². The highest BCUT2D eigenvalue weighted by Gasteiger charge is 2.02. The van der Waals surface area contributed by atoms with Gasteiger partial charge in [-0.25, -0.2) is 0 Å². The van der Waals surface area contributed by atoms with Crippen molar-refractivity contribution >= 4 is 24.9 Å². The van der Waals surface area contributed by atoms with E-state index in [0.29, 0.717) is 0 Å². The second kappa shape index (κ2) is 7.81. The van der Waals surface area contributed by atoms with Crippen molar-refractivity contribution in [1.29, 1.82) is 0 Å². The summed E-state index contributed by atoms with van der Waals surface area (Å²) < 4.78 is 31.6. The van der Waals surface area contributed by atoms with Gasteiger partial charge in [0.25, 0.3) is 0 Å². The Bertz CT molecular complexity index is 476. The van der Waals surface area contributed by atoms with Gasteiger partial charge in [0.15, 0.2) is 0 Å². The van der Waals surface area contributed by atoms with Gasteiger partial charge in [0, 0.05) is 6.61 Å². The number of rotatable bonds is 3. The molecule has 0 aliphatic carbocycles. The van der Waals surface area contributed by atoms with Gasteiger partial charge >= 0.3 is 10.4 Å². The normalized spacial score (nSPS) is 10.8. The maximum atomic E-state index is 8.74. The van der Waals surface area contributed by atoms with Crippen LogP contribution in [0.25, 0.3) is 0 Å². The number of hydrogen-bond acceptors (Lipinski definition) is 3. The Hall–Kier alpha value is -0.520. The maximum Gasteiger partial charge on any atom is 0.394 e. The van der Waals surface area contributed by atoms with E-state index in [1.54, 1.807) is 0 Å². The van der Waals surface area contributed by atoms with Crippen LogP contribution in [0.3, 0.4) is 0 Å². The van der Waals surface area contributed by atoms with Crippen LogP contribution in [-0.2, 0) is 16.8 Å². The molecule has 0 aliphatic heterocycles. The lowest BCUT2D eigenvalue weighted by Crippen LogP contribution is -2.03. The lowest BCUT2D eigenvalue weighted by atomic mass is 10.00. The van der Waals surface area contributed by atoms with Gasteiger partial charge in [0.2, 0.25) is 0 Å². The second-order valence-electron chi connectivity index (χ2n) is 3.84. The Morgan fingerprint density at radius 1 is 1.17 bits per heavy atom. The van der Waals surface area contributed by atoms with Crippen molar-refractivity contribution in [3.63, 3.8) is 0 Å². The molecule has 5 nitrogen and oxygen atoms in total. The molecule has 104 valence electrons. The maximum absolute atomic E-state index is 8.74. The smallest absolute Gasteiger partial charge is 0.394 e. The summed E-state index contributed by atoms with van der Waals surface area (Å²) in [5, 5.41) is 10.0. The molecule has 0 spiro atoms. The summed E-state index contributed by atoms with van der Waals surface area (Å²) in [5.74, 6) is 0. The van der Waals surface area contributed by atoms with E-state index in [-0.39, 0.29) is 6.61 Å². The summed E-state index contributed by atoms with van der Waals surface area (Å²) in [6, 6.07) is 4.28. The average molecular weight is 294 g/mol. The van der Waals surface area contributed by atoms with Gasteiger partial charge in [-0.15, -0.1) is 9.24 Å². The second-order valence-corrected chi connectivity index (χ2v) is 5.36. The molecule has 0 heterocycles. The van der Waals surface area contributed by atoms with Crippen molar-refractivity contribution in [2.75, 3.05) is 6.61 Å². The molecule has 1 unspecified atom stereocenters. The molecular weight excluding hydrogens is 275 g/mol. The van der Waals surface area contributed by atoms with Crippen molar-refractivity contribution in [1.82, 2.24) is 0 Å². The molecule has 1 aromatic rings. The van der Waals surface area contributed by atoms with Gasteiger partial charge in [-0.1, -0.05) is 12.1 Å². The quantitative estimate of drug-likeness (QED) is 0.572. The summed E-state index contributed by atoms with van der Waals surface area (Å²) in [7, 11) is -1.92. The van der Waals surface area contributed by atoms with Crippen molar-refractivity contribution in [2.45, 2.75) is 26.7 Å². The van der Waals surface area contributed by atoms with E-state index >= 15 is 0 Å². The predicted octanol–water partition coefficient (Wildman–Crippen LogP) is 1.08. The van der Waals surface area contributed by atoms with E-state index in [0.717, 1.165) is 12.8 Å². The number of hydrogen-bond donors (Lipinski definition) is 3. The summed E-state index contributed by atoms with van der Waals surface area (Å²) in [4.78, 5) is 0. The molecule has 0 fully saturated rings. The number of aliphatic hydroxyl groups is 1. The van der Waals surface area contributed by atoms with E-state index in [9.17, 15) is 0 Å². The molecule has 0 saturated carbocycles. The zero-order valence-electron chi connectivity index (χ0n) is 10.4. The lowest BCUT2D eigenvalue weighted by molar-refractivity contribution is 0.288. The molecule has 1 aromatic carbocycles. The molecule has 0 amide bonds. The Morgan fingerprint density at radius 2 is 1.67 bits per heavy atom. The molecule has 3 N–H and O–H groups in total. The van der Waals surface area contributed by atoms with Crippen LogP contribution < -0.4 is 5.30 Å². The standard InChI is InChI=1S/C11H17OP.H2O4S/c1-8-9(2)11(13)6-5-10(8)4-3-7-12;1-5(2,3)4/h5-6,12H,3-4,7,13H2,1-2H3;(H2,1,2,3,4). The topological polar surface area (TPSA) is 94.8 Å². The summed E-state index contributed by atoms with van der Waals surface area (Å²) in [5.41, 5.74) is 4.07. The van der Waals surface area contributed by atoms with Gasteiger partial charge in [0.1, 0.15) is 0 Å². The van der Waals surface area contributed by atoms with E-state index < -0.39 is 10.4 Å². The van der Waals surface area contributed by atoms with Crippen molar-refractivity contribution < 1.29 is 22.6 Å². The minimum atomic E-state index is -4.67. The Kier molecular flexibility index (Phi) is 7.59. The molecule has 7 heteroatoms. The minimum absolute atomic E-state index is 0.279. The summed E-state index contributed by atoms with van der Waals surface area (Å²) in [6.07, 6.45) is 1.84. The molecule has 1 atom stereocenters. The van der Waals surface area contributed by atoms with E-state index in [1.165, 1.54) is 22.0 Å². The highest BCUT2D eigenvalue weighted by atomic mass is 32.3. The van der Waals surface area contributed by atoms with Gasteiger partial charge < -0.3 is 5.11 Å². The molecule has 0 aliphatic rings. The zero-order chi connectivity index (χ0) is 14.3. The number of aryl methyl sites for hydroxylation is 1. The van der Waals surface area contributed by atoms with Gasteiger partial charge in [-0.2, -0.15) is 8.42 Å². The average Bonchev–Trinajstić information content (AvgIpc) is 2.23. The number of aliphatic hydroxyl groups excluding tert-OH is 1. The molecular formula is C11H19O5PS. The van der Waals surface area contributed by atoms with Crippen LogP contribution in [0.2, 0.25) is 0 Å². The van der Waals surface area contributed by atoms with Crippen LogP contribution in [0.5, 0.6) is 0 Å². The SMILES string of the molecule is Cc1c(P)ccc(CCCO)c1C.O=S(=O)(O)O. The van der Waals surface area contributed by atoms with Gasteiger partial charge in [-0.3, -0.25) is 9.11 Å². The summed E-state index contributed by atoms with van der Waals surface area (Å²) in [6.45, 7) is 4.57. The highest BCUT2D eigenvalue weighted by molar-refractivity contribution is 7.79. The van der Waals surface area contributed by atoms with Crippen LogP contribution in [-0.4, -0.2) is 29.2 Å². The van der Waals surface area contributed by atoms with E-state index in [2.05, 4.69) is 35.2 Å². The lowest BCUT2D eigenvalue weighted by Gasteiger charge is -2.10. The van der Waals surface area contributed by atoms with E-state index in [4.69, 9.17) is 22.6 Å². The van der Waals surface area contributed by atoms with Crippen LogP contribution in [0, 0.1) is 13.8 Å². The van der Waals surface area contributed by atoms with Crippen LogP contribution in [0.1, 0.15) is 23.1 Å². The van der Waals surface area contributed by atoms with E-state index in [1.807, 2.05) is 0 Å². The Morgan fingerprint density at radius 3 is 2.11 bits per heavy atom. The van der Waals surface area contributed by atoms with Crippen LogP contribution in [0.15, 0.2) is 12.1 Å².